The van der Waals surface area contributed by atoms with Gasteiger partial charge in [0.25, 0.3) is 0 Å². The molecule has 2 aliphatic heterocycles. The topological polar surface area (TPSA) is 115 Å². The number of halogens is 4. The third kappa shape index (κ3) is 7.64. The van der Waals surface area contributed by atoms with Gasteiger partial charge in [-0.2, -0.15) is 0 Å². The number of piperidine rings is 2. The molecule has 13 heteroatoms. The molecule has 2 aromatic carbocycles. The maximum Gasteiger partial charge on any atom is 0.306 e. The van der Waals surface area contributed by atoms with Gasteiger partial charge in [-0.25, -0.2) is 17.6 Å². The summed E-state index contributed by atoms with van der Waals surface area (Å²) in [5.74, 6) is -9.05. The zero-order valence-corrected chi connectivity index (χ0v) is 23.6. The first-order valence-corrected chi connectivity index (χ1v) is 14.3. The summed E-state index contributed by atoms with van der Waals surface area (Å²) in [6, 6.07) is 4.72. The Hall–Kier alpha value is -4.13. The first kappa shape index (κ1) is 31.8. The van der Waals surface area contributed by atoms with Crippen molar-refractivity contribution in [1.82, 2.24) is 9.80 Å². The number of amides is 2. The number of hydrogen-bond acceptors (Lipinski definition) is 5. The van der Waals surface area contributed by atoms with Crippen LogP contribution in [0.3, 0.4) is 0 Å². The second-order valence-corrected chi connectivity index (χ2v) is 11.3. The predicted octanol–water partition coefficient (Wildman–Crippen LogP) is 5.07. The Kier molecular flexibility index (Phi) is 10.3. The molecule has 2 N–H and O–H groups in total. The van der Waals surface area contributed by atoms with Crippen LogP contribution in [-0.4, -0.2) is 69.9 Å². The fraction of sp³-hybridized carbons (Fsp3) is 0.333. The summed E-state index contributed by atoms with van der Waals surface area (Å²) in [5, 5.41) is 18.1. The van der Waals surface area contributed by atoms with Crippen LogP contribution in [0.2, 0.25) is 0 Å². The van der Waals surface area contributed by atoms with Gasteiger partial charge in [0.2, 0.25) is 11.8 Å². The molecule has 0 aromatic heterocycles. The van der Waals surface area contributed by atoms with E-state index in [4.69, 9.17) is 10.2 Å². The average molecular weight is 621 g/mol. The molecule has 0 bridgehead atoms. The van der Waals surface area contributed by atoms with Gasteiger partial charge in [0.15, 0.2) is 23.3 Å². The fourth-order valence-corrected chi connectivity index (χ4v) is 5.72. The molecule has 0 unspecified atom stereocenters. The molecular weight excluding hydrogens is 592 g/mol. The highest BCUT2D eigenvalue weighted by atomic mass is 32.2. The smallest absolute Gasteiger partial charge is 0.306 e. The van der Waals surface area contributed by atoms with E-state index in [0.29, 0.717) is 37.4 Å². The number of rotatable bonds is 8. The largest absolute Gasteiger partial charge is 0.481 e. The van der Waals surface area contributed by atoms with Crippen molar-refractivity contribution in [2.75, 3.05) is 26.2 Å². The normalized spacial score (nSPS) is 16.7. The Morgan fingerprint density at radius 3 is 1.30 bits per heavy atom. The van der Waals surface area contributed by atoms with Gasteiger partial charge in [-0.3, -0.25) is 19.2 Å². The van der Waals surface area contributed by atoms with Gasteiger partial charge >= 0.3 is 11.9 Å². The van der Waals surface area contributed by atoms with Gasteiger partial charge < -0.3 is 20.0 Å². The molecule has 228 valence electrons. The summed E-state index contributed by atoms with van der Waals surface area (Å²) in [7, 11) is 0. The maximum atomic E-state index is 14.8. The van der Waals surface area contributed by atoms with Gasteiger partial charge in [-0.15, -0.1) is 0 Å². The van der Waals surface area contributed by atoms with E-state index in [1.54, 1.807) is 0 Å². The lowest BCUT2D eigenvalue weighted by Gasteiger charge is -2.29. The first-order valence-electron chi connectivity index (χ1n) is 13.5. The highest BCUT2D eigenvalue weighted by molar-refractivity contribution is 7.99. The molecule has 2 heterocycles. The molecule has 0 aliphatic carbocycles. The van der Waals surface area contributed by atoms with Crippen LogP contribution < -0.4 is 0 Å². The molecule has 8 nitrogen and oxygen atoms in total. The van der Waals surface area contributed by atoms with Crippen molar-refractivity contribution in [3.63, 3.8) is 0 Å². The standard InChI is InChI=1S/C30H28F4N2O6S/c31-25-17(3-7-23(37)35-13-9-19(10-14-35)29(39)40)1-5-21(27(25)33)43-22-6-2-18(26(32)28(22)34)4-8-24(38)36-15-11-20(12-16-36)30(41)42/h1-8,19-20H,9-16H2,(H,39,40)(H,41,42)/b7-3+,8-4+. The third-order valence-electron chi connectivity index (χ3n) is 7.50. The quantitative estimate of drug-likeness (QED) is 0.313. The zero-order chi connectivity index (χ0) is 31.3. The number of carboxylic acids is 2. The van der Waals surface area contributed by atoms with Crippen molar-refractivity contribution in [2.45, 2.75) is 35.5 Å². The van der Waals surface area contributed by atoms with Crippen molar-refractivity contribution in [3.05, 3.63) is 70.8 Å². The van der Waals surface area contributed by atoms with Crippen LogP contribution in [0.4, 0.5) is 17.6 Å². The molecule has 0 spiro atoms. The van der Waals surface area contributed by atoms with Crippen LogP contribution in [0, 0.1) is 35.1 Å². The van der Waals surface area contributed by atoms with E-state index in [1.807, 2.05) is 0 Å². The lowest BCUT2D eigenvalue weighted by atomic mass is 9.97. The van der Waals surface area contributed by atoms with Crippen LogP contribution in [0.1, 0.15) is 36.8 Å². The van der Waals surface area contributed by atoms with Crippen LogP contribution >= 0.6 is 11.8 Å². The lowest BCUT2D eigenvalue weighted by Crippen LogP contribution is -2.39. The number of aliphatic carboxylic acids is 2. The Labute approximate surface area is 248 Å². The highest BCUT2D eigenvalue weighted by Gasteiger charge is 2.27. The van der Waals surface area contributed by atoms with Crippen LogP contribution in [0.5, 0.6) is 0 Å². The third-order valence-corrected chi connectivity index (χ3v) is 8.57. The van der Waals surface area contributed by atoms with E-state index in [9.17, 15) is 36.7 Å². The number of carbonyl (C=O) groups excluding carboxylic acids is 2. The number of likely N-dealkylation sites (tertiary alicyclic amines) is 2. The van der Waals surface area contributed by atoms with Gasteiger partial charge in [0, 0.05) is 49.5 Å². The van der Waals surface area contributed by atoms with Crippen molar-refractivity contribution in [1.29, 1.82) is 0 Å². The van der Waals surface area contributed by atoms with Crippen molar-refractivity contribution in [3.8, 4) is 0 Å². The Bertz CT molecular complexity index is 1370. The minimum atomic E-state index is -1.32. The Morgan fingerprint density at radius 2 is 0.977 bits per heavy atom. The number of carbonyl (C=O) groups is 4. The number of benzene rings is 2. The molecule has 2 fully saturated rings. The molecule has 4 rings (SSSR count). The van der Waals surface area contributed by atoms with E-state index in [2.05, 4.69) is 0 Å². The van der Waals surface area contributed by atoms with Crippen LogP contribution in [-0.2, 0) is 19.2 Å². The summed E-state index contributed by atoms with van der Waals surface area (Å²) in [4.78, 5) is 49.1. The highest BCUT2D eigenvalue weighted by Crippen LogP contribution is 2.35. The van der Waals surface area contributed by atoms with Gasteiger partial charge in [0.05, 0.1) is 21.6 Å². The molecule has 0 radical (unpaired) electrons. The average Bonchev–Trinajstić information content (AvgIpc) is 3.00. The summed E-state index contributed by atoms with van der Waals surface area (Å²) in [5.41, 5.74) is -0.473. The van der Waals surface area contributed by atoms with Crippen LogP contribution in [0.25, 0.3) is 12.2 Å². The molecule has 0 saturated carbocycles. The number of carboxylic acid groups (broad SMARTS) is 2. The minimum Gasteiger partial charge on any atom is -0.481 e. The molecule has 2 amide bonds. The second-order valence-electron chi connectivity index (χ2n) is 10.2. The van der Waals surface area contributed by atoms with Crippen LogP contribution in [0.15, 0.2) is 46.2 Å². The Morgan fingerprint density at radius 1 is 0.628 bits per heavy atom. The second kappa shape index (κ2) is 13.9. The molecule has 0 atom stereocenters. The van der Waals surface area contributed by atoms with Gasteiger partial charge in [-0.1, -0.05) is 23.9 Å². The summed E-state index contributed by atoms with van der Waals surface area (Å²) < 4.78 is 59.2. The maximum absolute atomic E-state index is 14.8. The minimum absolute atomic E-state index is 0.229. The zero-order valence-electron chi connectivity index (χ0n) is 22.8. The predicted molar refractivity (Wildman–Crippen MR) is 149 cm³/mol. The summed E-state index contributed by atoms with van der Waals surface area (Å²) in [6.07, 6.45) is 5.50. The first-order chi connectivity index (χ1) is 20.5. The SMILES string of the molecule is O=C(O)C1CCN(C(=O)/C=C/c2ccc(Sc3ccc(/C=C/C(=O)N4CCC(C(=O)O)CC4)c(F)c3F)c(F)c2F)CC1. The molecule has 2 saturated heterocycles. The van der Waals surface area contributed by atoms with E-state index >= 15 is 0 Å². The molecule has 2 aliphatic rings. The summed E-state index contributed by atoms with van der Waals surface area (Å²) >= 11 is 0.461. The van der Waals surface area contributed by atoms with Crippen molar-refractivity contribution >= 4 is 47.7 Å². The van der Waals surface area contributed by atoms with E-state index in [0.717, 1.165) is 24.3 Å². The molecule has 43 heavy (non-hydrogen) atoms. The van der Waals surface area contributed by atoms with E-state index in [-0.39, 0.29) is 47.1 Å². The molecular formula is C30H28F4N2O6S. The van der Waals surface area contributed by atoms with Gasteiger partial charge in [0.1, 0.15) is 0 Å². The summed E-state index contributed by atoms with van der Waals surface area (Å²) in [6.45, 7) is 0.917. The van der Waals surface area contributed by atoms with Crippen molar-refractivity contribution in [2.24, 2.45) is 11.8 Å². The monoisotopic (exact) mass is 620 g/mol. The van der Waals surface area contributed by atoms with Crippen molar-refractivity contribution < 1.29 is 47.0 Å². The molecule has 2 aromatic rings. The number of nitrogens with zero attached hydrogens (tertiary/aromatic N) is 2. The van der Waals surface area contributed by atoms with E-state index < -0.39 is 58.9 Å². The Balaban J connectivity index is 1.39. The van der Waals surface area contributed by atoms with Gasteiger partial charge in [-0.05, 0) is 50.0 Å². The van der Waals surface area contributed by atoms with E-state index in [1.165, 1.54) is 34.1 Å². The fourth-order valence-electron chi connectivity index (χ4n) is 4.85. The lowest BCUT2D eigenvalue weighted by molar-refractivity contribution is -0.145. The number of hydrogen-bond donors (Lipinski definition) is 2.